The summed E-state index contributed by atoms with van der Waals surface area (Å²) in [5, 5.41) is 0.849. The first-order valence-corrected chi connectivity index (χ1v) is 6.62. The zero-order valence-corrected chi connectivity index (χ0v) is 10.9. The van der Waals surface area contributed by atoms with Gasteiger partial charge in [-0.25, -0.2) is 15.0 Å². The lowest BCUT2D eigenvalue weighted by molar-refractivity contribution is 0.520. The highest BCUT2D eigenvalue weighted by Gasteiger charge is 2.06. The van der Waals surface area contributed by atoms with Crippen LogP contribution in [0.25, 0.3) is 0 Å². The Labute approximate surface area is 106 Å². The number of hydrogen-bond donors (Lipinski definition) is 0. The molecule has 0 aromatic carbocycles. The summed E-state index contributed by atoms with van der Waals surface area (Å²) in [5.41, 5.74) is 0. The summed E-state index contributed by atoms with van der Waals surface area (Å²) in [6, 6.07) is 1.84. The lowest BCUT2D eigenvalue weighted by atomic mass is 10.2. The van der Waals surface area contributed by atoms with Crippen LogP contribution in [0.4, 0.5) is 0 Å². The molecule has 0 bridgehead atoms. The fourth-order valence-electron chi connectivity index (χ4n) is 1.56. The molecule has 0 saturated carbocycles. The summed E-state index contributed by atoms with van der Waals surface area (Å²) < 4.78 is 2.18. The van der Waals surface area contributed by atoms with Crippen LogP contribution in [0.1, 0.15) is 12.7 Å². The van der Waals surface area contributed by atoms with Crippen molar-refractivity contribution in [2.75, 3.05) is 5.75 Å². The molecule has 0 N–H and O–H groups in total. The van der Waals surface area contributed by atoms with E-state index in [2.05, 4.69) is 26.4 Å². The first-order valence-electron chi connectivity index (χ1n) is 5.63. The van der Waals surface area contributed by atoms with Crippen LogP contribution in [-0.2, 0) is 6.54 Å². The minimum Gasteiger partial charge on any atom is -0.335 e. The molecule has 2 heterocycles. The quantitative estimate of drug-likeness (QED) is 0.602. The molecule has 2 rings (SSSR count). The Bertz CT molecular complexity index is 455. The van der Waals surface area contributed by atoms with Crippen molar-refractivity contribution in [2.45, 2.75) is 25.5 Å². The van der Waals surface area contributed by atoms with Crippen molar-refractivity contribution >= 4 is 11.8 Å². The molecule has 1 atom stereocenters. The van der Waals surface area contributed by atoms with Crippen molar-refractivity contribution in [3.8, 4) is 0 Å². The second-order valence-corrected chi connectivity index (χ2v) is 5.06. The molecular weight excluding hydrogens is 232 g/mol. The Kier molecular flexibility index (Phi) is 4.14. The maximum Gasteiger partial charge on any atom is 0.187 e. The van der Waals surface area contributed by atoms with Crippen LogP contribution in [0, 0.1) is 12.8 Å². The predicted molar refractivity (Wildman–Crippen MR) is 68.9 cm³/mol. The van der Waals surface area contributed by atoms with E-state index in [1.54, 1.807) is 24.2 Å². The van der Waals surface area contributed by atoms with E-state index in [1.165, 1.54) is 0 Å². The first kappa shape index (κ1) is 12.1. The van der Waals surface area contributed by atoms with Gasteiger partial charge in [-0.15, -0.1) is 0 Å². The van der Waals surface area contributed by atoms with Gasteiger partial charge in [-0.1, -0.05) is 18.7 Å². The molecule has 2 aromatic heterocycles. The second kappa shape index (κ2) is 5.82. The molecule has 2 aromatic rings. The highest BCUT2D eigenvalue weighted by Crippen LogP contribution is 2.17. The molecule has 0 amide bonds. The molecule has 0 aliphatic rings. The third-order valence-electron chi connectivity index (χ3n) is 2.47. The molecule has 0 saturated heterocycles. The standard InChI is InChI=1S/C12H16N4S/c1-10(8-16-7-6-13-11(16)2)9-17-12-14-4-3-5-15-12/h3-7,10H,8-9H2,1-2H3/t10-/m1/s1. The van der Waals surface area contributed by atoms with E-state index >= 15 is 0 Å². The maximum atomic E-state index is 4.22. The van der Waals surface area contributed by atoms with Crippen LogP contribution in [-0.4, -0.2) is 25.3 Å². The maximum absolute atomic E-state index is 4.22. The number of hydrogen-bond acceptors (Lipinski definition) is 4. The number of thioether (sulfide) groups is 1. The Morgan fingerprint density at radius 1 is 1.24 bits per heavy atom. The molecule has 4 nitrogen and oxygen atoms in total. The number of rotatable bonds is 5. The van der Waals surface area contributed by atoms with Gasteiger partial charge in [0.25, 0.3) is 0 Å². The van der Waals surface area contributed by atoms with Crippen LogP contribution >= 0.6 is 11.8 Å². The molecule has 0 radical (unpaired) electrons. The van der Waals surface area contributed by atoms with Gasteiger partial charge < -0.3 is 4.57 Å². The largest absolute Gasteiger partial charge is 0.335 e. The molecular formula is C12H16N4S. The van der Waals surface area contributed by atoms with E-state index in [1.807, 2.05) is 25.4 Å². The lowest BCUT2D eigenvalue weighted by Gasteiger charge is -2.12. The van der Waals surface area contributed by atoms with E-state index in [0.717, 1.165) is 23.3 Å². The van der Waals surface area contributed by atoms with Crippen LogP contribution in [0.5, 0.6) is 0 Å². The van der Waals surface area contributed by atoms with Crippen LogP contribution in [0.15, 0.2) is 36.0 Å². The Hall–Kier alpha value is -1.36. The van der Waals surface area contributed by atoms with E-state index in [4.69, 9.17) is 0 Å². The number of aromatic nitrogens is 4. The summed E-state index contributed by atoms with van der Waals surface area (Å²) in [4.78, 5) is 12.6. The molecule has 5 heteroatoms. The lowest BCUT2D eigenvalue weighted by Crippen LogP contribution is -2.10. The number of nitrogens with zero attached hydrogens (tertiary/aromatic N) is 4. The highest BCUT2D eigenvalue weighted by atomic mass is 32.2. The first-order chi connectivity index (χ1) is 8.25. The summed E-state index contributed by atoms with van der Waals surface area (Å²) in [6.45, 7) is 5.25. The van der Waals surface area contributed by atoms with E-state index < -0.39 is 0 Å². The molecule has 17 heavy (non-hydrogen) atoms. The smallest absolute Gasteiger partial charge is 0.187 e. The summed E-state index contributed by atoms with van der Waals surface area (Å²) in [5.74, 6) is 2.65. The molecule has 0 spiro atoms. The van der Waals surface area contributed by atoms with Crippen molar-refractivity contribution in [3.63, 3.8) is 0 Å². The monoisotopic (exact) mass is 248 g/mol. The minimum atomic E-state index is 0.566. The number of aryl methyl sites for hydroxylation is 1. The normalized spacial score (nSPS) is 12.6. The van der Waals surface area contributed by atoms with Crippen molar-refractivity contribution in [3.05, 3.63) is 36.7 Å². The number of imidazole rings is 1. The van der Waals surface area contributed by atoms with Crippen LogP contribution in [0.3, 0.4) is 0 Å². The van der Waals surface area contributed by atoms with Crippen LogP contribution in [0.2, 0.25) is 0 Å². The van der Waals surface area contributed by atoms with E-state index in [9.17, 15) is 0 Å². The summed E-state index contributed by atoms with van der Waals surface area (Å²) in [6.07, 6.45) is 7.42. The van der Waals surface area contributed by atoms with Crippen molar-refractivity contribution in [2.24, 2.45) is 5.92 Å². The topological polar surface area (TPSA) is 43.6 Å². The summed E-state index contributed by atoms with van der Waals surface area (Å²) >= 11 is 1.70. The minimum absolute atomic E-state index is 0.566. The van der Waals surface area contributed by atoms with Crippen LogP contribution < -0.4 is 0 Å². The van der Waals surface area contributed by atoms with Gasteiger partial charge in [-0.05, 0) is 18.9 Å². The predicted octanol–water partition coefficient (Wildman–Crippen LogP) is 2.41. The molecule has 0 unspecified atom stereocenters. The Balaban J connectivity index is 1.82. The zero-order valence-electron chi connectivity index (χ0n) is 10.1. The van der Waals surface area contributed by atoms with Crippen molar-refractivity contribution in [1.29, 1.82) is 0 Å². The fourth-order valence-corrected chi connectivity index (χ4v) is 2.37. The second-order valence-electron chi connectivity index (χ2n) is 4.07. The van der Waals surface area contributed by atoms with Gasteiger partial charge >= 0.3 is 0 Å². The van der Waals surface area contributed by atoms with Gasteiger partial charge in [-0.3, -0.25) is 0 Å². The van der Waals surface area contributed by atoms with Gasteiger partial charge in [0.15, 0.2) is 5.16 Å². The highest BCUT2D eigenvalue weighted by molar-refractivity contribution is 7.99. The van der Waals surface area contributed by atoms with Gasteiger partial charge in [0, 0.05) is 37.1 Å². The SMILES string of the molecule is Cc1nccn1C[C@@H](C)CSc1ncccn1. The molecule has 0 fully saturated rings. The van der Waals surface area contributed by atoms with E-state index in [-0.39, 0.29) is 0 Å². The van der Waals surface area contributed by atoms with E-state index in [0.29, 0.717) is 5.92 Å². The third-order valence-corrected chi connectivity index (χ3v) is 3.68. The average molecular weight is 248 g/mol. The zero-order chi connectivity index (χ0) is 12.1. The van der Waals surface area contributed by atoms with Gasteiger partial charge in [-0.2, -0.15) is 0 Å². The Morgan fingerprint density at radius 2 is 2.00 bits per heavy atom. The third kappa shape index (κ3) is 3.56. The summed E-state index contributed by atoms with van der Waals surface area (Å²) in [7, 11) is 0. The molecule has 90 valence electrons. The average Bonchev–Trinajstić information content (AvgIpc) is 2.74. The van der Waals surface area contributed by atoms with Crippen molar-refractivity contribution in [1.82, 2.24) is 19.5 Å². The molecule has 0 aliphatic heterocycles. The molecule has 0 aliphatic carbocycles. The van der Waals surface area contributed by atoms with Gasteiger partial charge in [0.1, 0.15) is 5.82 Å². The fraction of sp³-hybridized carbons (Fsp3) is 0.417. The van der Waals surface area contributed by atoms with Gasteiger partial charge in [0.05, 0.1) is 0 Å². The van der Waals surface area contributed by atoms with Gasteiger partial charge in [0.2, 0.25) is 0 Å². The Morgan fingerprint density at radius 3 is 2.65 bits per heavy atom. The van der Waals surface area contributed by atoms with Crippen molar-refractivity contribution < 1.29 is 0 Å².